The smallest absolute Gasteiger partial charge is 0.324 e. The first-order valence-electron chi connectivity index (χ1n) is 6.71. The molecule has 0 bridgehead atoms. The van der Waals surface area contributed by atoms with Crippen LogP contribution in [-0.2, 0) is 12.6 Å². The number of hydrogen-bond donors (Lipinski definition) is 1. The second-order valence-electron chi connectivity index (χ2n) is 5.25. The standard InChI is InChI=1S/C15H14ClF3N2/c16-9-4-5-14(11(8-9)15(17,18)19)21-7-6-10-12(20)2-1-3-13(10)21/h4-8,12H,1-3,20H2. The van der Waals surface area contributed by atoms with E-state index in [4.69, 9.17) is 17.3 Å². The fourth-order valence-electron chi connectivity index (χ4n) is 2.90. The molecule has 1 heterocycles. The van der Waals surface area contributed by atoms with Gasteiger partial charge in [0, 0.05) is 23.0 Å². The second-order valence-corrected chi connectivity index (χ2v) is 5.68. The summed E-state index contributed by atoms with van der Waals surface area (Å²) in [5.41, 5.74) is 7.20. The first-order chi connectivity index (χ1) is 9.88. The first kappa shape index (κ1) is 14.5. The number of fused-ring (bicyclic) bond motifs is 1. The Morgan fingerprint density at radius 2 is 2.00 bits per heavy atom. The van der Waals surface area contributed by atoms with Crippen molar-refractivity contribution in [2.24, 2.45) is 5.73 Å². The van der Waals surface area contributed by atoms with Gasteiger partial charge in [-0.1, -0.05) is 11.6 Å². The minimum Gasteiger partial charge on any atom is -0.324 e. The third-order valence-electron chi connectivity index (χ3n) is 3.88. The third-order valence-corrected chi connectivity index (χ3v) is 4.11. The molecule has 0 spiro atoms. The fourth-order valence-corrected chi connectivity index (χ4v) is 3.07. The molecule has 6 heteroatoms. The number of hydrogen-bond acceptors (Lipinski definition) is 1. The highest BCUT2D eigenvalue weighted by atomic mass is 35.5. The number of rotatable bonds is 1. The molecular weight excluding hydrogens is 301 g/mol. The zero-order chi connectivity index (χ0) is 15.2. The van der Waals surface area contributed by atoms with Crippen LogP contribution in [0.25, 0.3) is 5.69 Å². The van der Waals surface area contributed by atoms with Crippen LogP contribution in [0.5, 0.6) is 0 Å². The summed E-state index contributed by atoms with van der Waals surface area (Å²) >= 11 is 5.72. The summed E-state index contributed by atoms with van der Waals surface area (Å²) in [6.45, 7) is 0. The summed E-state index contributed by atoms with van der Waals surface area (Å²) < 4.78 is 41.3. The van der Waals surface area contributed by atoms with E-state index in [1.165, 1.54) is 12.1 Å². The summed E-state index contributed by atoms with van der Waals surface area (Å²) in [6, 6.07) is 5.56. The third kappa shape index (κ3) is 2.56. The van der Waals surface area contributed by atoms with Crippen LogP contribution in [0.15, 0.2) is 30.5 Å². The maximum atomic E-state index is 13.2. The molecule has 1 unspecified atom stereocenters. The molecule has 1 atom stereocenters. The van der Waals surface area contributed by atoms with Crippen molar-refractivity contribution in [2.75, 3.05) is 0 Å². The molecular formula is C15H14ClF3N2. The second kappa shape index (κ2) is 5.07. The van der Waals surface area contributed by atoms with Gasteiger partial charge in [-0.05, 0) is 49.1 Å². The van der Waals surface area contributed by atoms with Crippen molar-refractivity contribution in [2.45, 2.75) is 31.5 Å². The predicted molar refractivity (Wildman–Crippen MR) is 75.6 cm³/mol. The largest absolute Gasteiger partial charge is 0.418 e. The van der Waals surface area contributed by atoms with Gasteiger partial charge in [-0.3, -0.25) is 0 Å². The monoisotopic (exact) mass is 314 g/mol. The molecule has 2 N–H and O–H groups in total. The highest BCUT2D eigenvalue weighted by Crippen LogP contribution is 2.38. The lowest BCUT2D eigenvalue weighted by Crippen LogP contribution is -2.19. The van der Waals surface area contributed by atoms with Crippen molar-refractivity contribution in [3.05, 3.63) is 52.3 Å². The van der Waals surface area contributed by atoms with Gasteiger partial charge in [-0.25, -0.2) is 0 Å². The molecule has 21 heavy (non-hydrogen) atoms. The van der Waals surface area contributed by atoms with Crippen molar-refractivity contribution in [3.8, 4) is 5.69 Å². The zero-order valence-corrected chi connectivity index (χ0v) is 11.9. The van der Waals surface area contributed by atoms with E-state index in [9.17, 15) is 13.2 Å². The van der Waals surface area contributed by atoms with Crippen LogP contribution in [0.4, 0.5) is 13.2 Å². The number of benzene rings is 1. The van der Waals surface area contributed by atoms with Crippen LogP contribution >= 0.6 is 11.6 Å². The molecule has 1 aromatic heterocycles. The Morgan fingerprint density at radius 3 is 2.71 bits per heavy atom. The van der Waals surface area contributed by atoms with E-state index < -0.39 is 11.7 Å². The summed E-state index contributed by atoms with van der Waals surface area (Å²) in [4.78, 5) is 0. The number of alkyl halides is 3. The van der Waals surface area contributed by atoms with Crippen LogP contribution in [0.2, 0.25) is 5.02 Å². The summed E-state index contributed by atoms with van der Waals surface area (Å²) in [5.74, 6) is 0. The Morgan fingerprint density at radius 1 is 1.24 bits per heavy atom. The van der Waals surface area contributed by atoms with Gasteiger partial charge in [0.2, 0.25) is 0 Å². The minimum absolute atomic E-state index is 0.0730. The number of aromatic nitrogens is 1. The highest BCUT2D eigenvalue weighted by molar-refractivity contribution is 6.30. The van der Waals surface area contributed by atoms with Crippen molar-refractivity contribution < 1.29 is 13.2 Å². The van der Waals surface area contributed by atoms with Crippen molar-refractivity contribution >= 4 is 11.6 Å². The molecule has 0 saturated heterocycles. The highest BCUT2D eigenvalue weighted by Gasteiger charge is 2.35. The fraction of sp³-hybridized carbons (Fsp3) is 0.333. The van der Waals surface area contributed by atoms with Crippen molar-refractivity contribution in [1.82, 2.24) is 4.57 Å². The van der Waals surface area contributed by atoms with E-state index in [1.54, 1.807) is 10.8 Å². The van der Waals surface area contributed by atoms with Crippen LogP contribution in [-0.4, -0.2) is 4.57 Å². The topological polar surface area (TPSA) is 30.9 Å². The molecule has 0 radical (unpaired) electrons. The SMILES string of the molecule is NC1CCCc2c1ccn2-c1ccc(Cl)cc1C(F)(F)F. The lowest BCUT2D eigenvalue weighted by molar-refractivity contribution is -0.137. The van der Waals surface area contributed by atoms with Crippen LogP contribution < -0.4 is 5.73 Å². The average Bonchev–Trinajstić information content (AvgIpc) is 2.83. The zero-order valence-electron chi connectivity index (χ0n) is 11.1. The quantitative estimate of drug-likeness (QED) is 0.826. The molecule has 3 rings (SSSR count). The first-order valence-corrected chi connectivity index (χ1v) is 7.08. The number of nitrogens with two attached hydrogens (primary N) is 1. The van der Waals surface area contributed by atoms with Gasteiger partial charge in [-0.2, -0.15) is 13.2 Å². The van der Waals surface area contributed by atoms with Gasteiger partial charge < -0.3 is 10.3 Å². The van der Waals surface area contributed by atoms with E-state index in [0.717, 1.165) is 36.6 Å². The molecule has 0 amide bonds. The lowest BCUT2D eigenvalue weighted by Gasteiger charge is -2.22. The Labute approximate surface area is 125 Å². The molecule has 0 aliphatic heterocycles. The molecule has 112 valence electrons. The molecule has 1 aliphatic carbocycles. The molecule has 2 nitrogen and oxygen atoms in total. The molecule has 0 saturated carbocycles. The van der Waals surface area contributed by atoms with Gasteiger partial charge >= 0.3 is 6.18 Å². The van der Waals surface area contributed by atoms with Gasteiger partial charge in [0.15, 0.2) is 0 Å². The van der Waals surface area contributed by atoms with E-state index in [-0.39, 0.29) is 16.8 Å². The van der Waals surface area contributed by atoms with Crippen LogP contribution in [0.1, 0.15) is 35.7 Å². The average molecular weight is 315 g/mol. The Kier molecular flexibility index (Phi) is 3.50. The number of nitrogens with zero attached hydrogens (tertiary/aromatic N) is 1. The Bertz CT molecular complexity index is 676. The Hall–Kier alpha value is -1.46. The van der Waals surface area contributed by atoms with Gasteiger partial charge in [-0.15, -0.1) is 0 Å². The molecule has 1 aliphatic rings. The van der Waals surface area contributed by atoms with Gasteiger partial charge in [0.1, 0.15) is 0 Å². The van der Waals surface area contributed by atoms with E-state index in [0.29, 0.717) is 0 Å². The molecule has 1 aromatic carbocycles. The number of halogens is 4. The van der Waals surface area contributed by atoms with Crippen LogP contribution in [0, 0.1) is 0 Å². The van der Waals surface area contributed by atoms with Gasteiger partial charge in [0.25, 0.3) is 0 Å². The van der Waals surface area contributed by atoms with Gasteiger partial charge in [0.05, 0.1) is 11.3 Å². The maximum absolute atomic E-state index is 13.2. The Balaban J connectivity index is 2.18. The molecule has 2 aromatic rings. The predicted octanol–water partition coefficient (Wildman–Crippen LogP) is 4.49. The summed E-state index contributed by atoms with van der Waals surface area (Å²) in [6.07, 6.45) is -0.310. The van der Waals surface area contributed by atoms with E-state index >= 15 is 0 Å². The summed E-state index contributed by atoms with van der Waals surface area (Å²) in [5, 5.41) is 0.0730. The molecule has 0 fully saturated rings. The normalized spacial score (nSPS) is 18.6. The van der Waals surface area contributed by atoms with Crippen molar-refractivity contribution in [3.63, 3.8) is 0 Å². The van der Waals surface area contributed by atoms with Crippen molar-refractivity contribution in [1.29, 1.82) is 0 Å². The van der Waals surface area contributed by atoms with E-state index in [2.05, 4.69) is 0 Å². The van der Waals surface area contributed by atoms with E-state index in [1.807, 2.05) is 6.07 Å². The summed E-state index contributed by atoms with van der Waals surface area (Å²) in [7, 11) is 0. The minimum atomic E-state index is -4.45. The lowest BCUT2D eigenvalue weighted by atomic mass is 9.93. The van der Waals surface area contributed by atoms with Crippen LogP contribution in [0.3, 0.4) is 0 Å². The maximum Gasteiger partial charge on any atom is 0.418 e.